The maximum atomic E-state index is 12.6. The molecule has 1 aliphatic rings. The van der Waals surface area contributed by atoms with Gasteiger partial charge in [-0.05, 0) is 47.8 Å². The number of methoxy groups -OCH3 is 1. The Kier molecular flexibility index (Phi) is 5.70. The average molecular weight is 467 g/mol. The van der Waals surface area contributed by atoms with E-state index >= 15 is 0 Å². The van der Waals surface area contributed by atoms with Gasteiger partial charge in [-0.25, -0.2) is 0 Å². The highest BCUT2D eigenvalue weighted by molar-refractivity contribution is 7.99. The normalized spacial score (nSPS) is 12.0. The molecule has 32 heavy (non-hydrogen) atoms. The van der Waals surface area contributed by atoms with Crippen molar-refractivity contribution in [2.75, 3.05) is 25.0 Å². The molecule has 1 aliphatic heterocycles. The third kappa shape index (κ3) is 4.14. The van der Waals surface area contributed by atoms with E-state index in [4.69, 9.17) is 14.2 Å². The fourth-order valence-corrected chi connectivity index (χ4v) is 4.64. The Hall–Kier alpha value is -3.50. The first kappa shape index (κ1) is 20.4. The van der Waals surface area contributed by atoms with Crippen LogP contribution in [0.2, 0.25) is 0 Å². The lowest BCUT2D eigenvalue weighted by Gasteiger charge is -2.10. The van der Waals surface area contributed by atoms with Gasteiger partial charge in [-0.3, -0.25) is 9.36 Å². The third-order valence-corrected chi connectivity index (χ3v) is 6.49. The second kappa shape index (κ2) is 8.93. The van der Waals surface area contributed by atoms with Gasteiger partial charge in [-0.2, -0.15) is 0 Å². The zero-order valence-electron chi connectivity index (χ0n) is 17.0. The van der Waals surface area contributed by atoms with Crippen LogP contribution in [0, 0.1) is 0 Å². The van der Waals surface area contributed by atoms with Crippen molar-refractivity contribution in [1.29, 1.82) is 0 Å². The number of thiophene rings is 1. The highest BCUT2D eigenvalue weighted by Crippen LogP contribution is 2.34. The standard InChI is InChI=1S/C22H18N4O4S2/c1-28-16-7-5-15(6-8-16)26-21(19-3-2-10-31-19)24-25-22(26)32-12-20(27)23-14-4-9-17-18(11-14)30-13-29-17/h2-11H,12-13H2,1H3,(H,23,27). The molecule has 0 saturated heterocycles. The minimum Gasteiger partial charge on any atom is -0.497 e. The molecule has 1 N–H and O–H groups in total. The average Bonchev–Trinajstić information content (AvgIpc) is 3.58. The van der Waals surface area contributed by atoms with Crippen LogP contribution in [0.25, 0.3) is 16.4 Å². The quantitative estimate of drug-likeness (QED) is 0.402. The summed E-state index contributed by atoms with van der Waals surface area (Å²) in [4.78, 5) is 13.6. The summed E-state index contributed by atoms with van der Waals surface area (Å²) in [6.07, 6.45) is 0. The summed E-state index contributed by atoms with van der Waals surface area (Å²) in [7, 11) is 1.63. The second-order valence-electron chi connectivity index (χ2n) is 6.72. The van der Waals surface area contributed by atoms with Gasteiger partial charge < -0.3 is 19.5 Å². The molecule has 0 saturated carbocycles. The Balaban J connectivity index is 1.35. The number of benzene rings is 2. The minimum absolute atomic E-state index is 0.157. The number of rotatable bonds is 7. The largest absolute Gasteiger partial charge is 0.497 e. The summed E-state index contributed by atoms with van der Waals surface area (Å²) in [6, 6.07) is 16.9. The molecule has 3 heterocycles. The van der Waals surface area contributed by atoms with Crippen molar-refractivity contribution in [2.24, 2.45) is 0 Å². The van der Waals surface area contributed by atoms with Crippen LogP contribution in [0.15, 0.2) is 65.1 Å². The van der Waals surface area contributed by atoms with E-state index in [0.29, 0.717) is 22.3 Å². The predicted octanol–water partition coefficient (Wildman–Crippen LogP) is 4.46. The van der Waals surface area contributed by atoms with Gasteiger partial charge in [-0.15, -0.1) is 21.5 Å². The minimum atomic E-state index is -0.157. The summed E-state index contributed by atoms with van der Waals surface area (Å²) in [5.41, 5.74) is 1.54. The van der Waals surface area contributed by atoms with Crippen molar-refractivity contribution in [3.8, 4) is 33.6 Å². The topological polar surface area (TPSA) is 87.5 Å². The van der Waals surface area contributed by atoms with Crippen LogP contribution in [-0.4, -0.2) is 40.3 Å². The number of hydrogen-bond donors (Lipinski definition) is 1. The highest BCUT2D eigenvalue weighted by Gasteiger charge is 2.19. The first-order valence-electron chi connectivity index (χ1n) is 9.67. The molecule has 0 unspecified atom stereocenters. The molecule has 0 bridgehead atoms. The maximum absolute atomic E-state index is 12.6. The van der Waals surface area contributed by atoms with Gasteiger partial charge in [0.2, 0.25) is 12.7 Å². The number of carbonyl (C=O) groups is 1. The number of hydrogen-bond acceptors (Lipinski definition) is 8. The Labute approximate surface area is 192 Å². The molecule has 0 aliphatic carbocycles. The summed E-state index contributed by atoms with van der Waals surface area (Å²) in [5, 5.41) is 14.2. The molecule has 0 spiro atoms. The number of carbonyl (C=O) groups excluding carboxylic acids is 1. The van der Waals surface area contributed by atoms with Gasteiger partial charge in [0.05, 0.1) is 23.4 Å². The fraction of sp³-hybridized carbons (Fsp3) is 0.136. The smallest absolute Gasteiger partial charge is 0.234 e. The summed E-state index contributed by atoms with van der Waals surface area (Å²) in [6.45, 7) is 0.191. The Morgan fingerprint density at radius 3 is 2.78 bits per heavy atom. The first-order chi connectivity index (χ1) is 15.7. The number of amides is 1. The van der Waals surface area contributed by atoms with Gasteiger partial charge >= 0.3 is 0 Å². The van der Waals surface area contributed by atoms with Crippen LogP contribution in [-0.2, 0) is 4.79 Å². The number of anilines is 1. The zero-order valence-corrected chi connectivity index (χ0v) is 18.6. The van der Waals surface area contributed by atoms with Crippen molar-refractivity contribution in [1.82, 2.24) is 14.8 Å². The lowest BCUT2D eigenvalue weighted by molar-refractivity contribution is -0.113. The Bertz CT molecular complexity index is 1240. The van der Waals surface area contributed by atoms with Crippen LogP contribution < -0.4 is 19.5 Å². The summed E-state index contributed by atoms with van der Waals surface area (Å²) < 4.78 is 17.9. The van der Waals surface area contributed by atoms with E-state index in [2.05, 4.69) is 15.5 Å². The molecule has 4 aromatic rings. The van der Waals surface area contributed by atoms with Gasteiger partial charge in [0.15, 0.2) is 22.5 Å². The molecule has 10 heteroatoms. The molecule has 2 aromatic carbocycles. The van der Waals surface area contributed by atoms with Crippen molar-refractivity contribution in [3.63, 3.8) is 0 Å². The number of ether oxygens (including phenoxy) is 3. The second-order valence-corrected chi connectivity index (χ2v) is 8.61. The summed E-state index contributed by atoms with van der Waals surface area (Å²) >= 11 is 2.90. The number of aromatic nitrogens is 3. The van der Waals surface area contributed by atoms with Gasteiger partial charge in [0.25, 0.3) is 0 Å². The van der Waals surface area contributed by atoms with E-state index < -0.39 is 0 Å². The van der Waals surface area contributed by atoms with Crippen LogP contribution >= 0.6 is 23.1 Å². The van der Waals surface area contributed by atoms with Gasteiger partial charge in [0, 0.05) is 11.8 Å². The highest BCUT2D eigenvalue weighted by atomic mass is 32.2. The Morgan fingerprint density at radius 2 is 2.00 bits per heavy atom. The molecule has 0 atom stereocenters. The van der Waals surface area contributed by atoms with Crippen molar-refractivity contribution in [3.05, 3.63) is 60.0 Å². The lowest BCUT2D eigenvalue weighted by atomic mass is 10.3. The van der Waals surface area contributed by atoms with Gasteiger partial charge in [0.1, 0.15) is 5.75 Å². The van der Waals surface area contributed by atoms with E-state index in [0.717, 1.165) is 22.1 Å². The van der Waals surface area contributed by atoms with Gasteiger partial charge in [-0.1, -0.05) is 17.8 Å². The number of thioether (sulfide) groups is 1. The monoisotopic (exact) mass is 466 g/mol. The van der Waals surface area contributed by atoms with Crippen molar-refractivity contribution >= 4 is 34.7 Å². The molecule has 5 rings (SSSR count). The number of fused-ring (bicyclic) bond motifs is 1. The molecular weight excluding hydrogens is 448 g/mol. The van der Waals surface area contributed by atoms with Crippen LogP contribution in [0.4, 0.5) is 5.69 Å². The van der Waals surface area contributed by atoms with E-state index in [1.807, 2.05) is 46.3 Å². The first-order valence-corrected chi connectivity index (χ1v) is 11.5. The van der Waals surface area contributed by atoms with Crippen LogP contribution in [0.3, 0.4) is 0 Å². The molecule has 2 aromatic heterocycles. The van der Waals surface area contributed by atoms with E-state index in [1.54, 1.807) is 36.6 Å². The Morgan fingerprint density at radius 1 is 1.16 bits per heavy atom. The van der Waals surface area contributed by atoms with Crippen molar-refractivity contribution in [2.45, 2.75) is 5.16 Å². The zero-order chi connectivity index (χ0) is 21.9. The molecule has 0 radical (unpaired) electrons. The molecule has 0 fully saturated rings. The molecular formula is C22H18N4O4S2. The summed E-state index contributed by atoms with van der Waals surface area (Å²) in [5.74, 6) is 2.80. The molecule has 8 nitrogen and oxygen atoms in total. The number of nitrogens with zero attached hydrogens (tertiary/aromatic N) is 3. The van der Waals surface area contributed by atoms with E-state index in [-0.39, 0.29) is 18.5 Å². The number of nitrogens with one attached hydrogen (secondary N) is 1. The van der Waals surface area contributed by atoms with Crippen LogP contribution in [0.1, 0.15) is 0 Å². The van der Waals surface area contributed by atoms with E-state index in [1.165, 1.54) is 11.8 Å². The molecule has 162 valence electrons. The van der Waals surface area contributed by atoms with Crippen LogP contribution in [0.5, 0.6) is 17.2 Å². The third-order valence-electron chi connectivity index (χ3n) is 4.69. The maximum Gasteiger partial charge on any atom is 0.234 e. The predicted molar refractivity (Wildman–Crippen MR) is 123 cm³/mol. The van der Waals surface area contributed by atoms with E-state index in [9.17, 15) is 4.79 Å². The van der Waals surface area contributed by atoms with Crippen molar-refractivity contribution < 1.29 is 19.0 Å². The lowest BCUT2D eigenvalue weighted by Crippen LogP contribution is -2.14. The fourth-order valence-electron chi connectivity index (χ4n) is 3.19. The molecule has 1 amide bonds. The SMILES string of the molecule is COc1ccc(-n2c(SCC(=O)Nc3ccc4c(c3)OCO4)nnc2-c2cccs2)cc1.